The monoisotopic (exact) mass is 370 g/mol. The van der Waals surface area contributed by atoms with Crippen LogP contribution in [0.5, 0.6) is 0 Å². The average molecular weight is 371 g/mol. The van der Waals surface area contributed by atoms with E-state index in [-0.39, 0.29) is 5.70 Å². The summed E-state index contributed by atoms with van der Waals surface area (Å²) in [6, 6.07) is 2.56. The highest BCUT2D eigenvalue weighted by molar-refractivity contribution is 5.32. The Morgan fingerprint density at radius 1 is 1.00 bits per heavy atom. The third-order valence-electron chi connectivity index (χ3n) is 6.17. The first kappa shape index (κ1) is 20.0. The molecule has 3 aliphatic rings. The molecule has 0 amide bonds. The predicted octanol–water partition coefficient (Wildman–Crippen LogP) is 2.62. The van der Waals surface area contributed by atoms with Crippen molar-refractivity contribution in [3.8, 4) is 6.07 Å². The van der Waals surface area contributed by atoms with Gasteiger partial charge in [0.1, 0.15) is 5.82 Å². The average Bonchev–Trinajstić information content (AvgIpc) is 3.38. The van der Waals surface area contributed by atoms with Crippen molar-refractivity contribution in [2.45, 2.75) is 57.4 Å². The van der Waals surface area contributed by atoms with Crippen LogP contribution in [-0.2, 0) is 0 Å². The second-order valence-corrected chi connectivity index (χ2v) is 8.10. The van der Waals surface area contributed by atoms with Gasteiger partial charge < -0.3 is 20.0 Å². The van der Waals surface area contributed by atoms with Crippen LogP contribution in [0.25, 0.3) is 4.85 Å². The number of nitrogens with one attached hydrogen (secondary N) is 1. The smallest absolute Gasteiger partial charge is 0.300 e. The minimum atomic E-state index is 0.223. The summed E-state index contributed by atoms with van der Waals surface area (Å²) in [5.74, 6) is 0.785. The molecule has 0 saturated carbocycles. The van der Waals surface area contributed by atoms with Crippen molar-refractivity contribution in [1.29, 1.82) is 5.26 Å². The van der Waals surface area contributed by atoms with Gasteiger partial charge in [0.05, 0.1) is 12.6 Å². The van der Waals surface area contributed by atoms with Gasteiger partial charge in [-0.15, -0.1) is 0 Å². The second-order valence-electron chi connectivity index (χ2n) is 8.10. The molecule has 0 aliphatic carbocycles. The van der Waals surface area contributed by atoms with E-state index in [2.05, 4.69) is 30.9 Å². The molecule has 0 radical (unpaired) electrons. The molecule has 1 atom stereocenters. The van der Waals surface area contributed by atoms with Gasteiger partial charge in [0.15, 0.2) is 0 Å². The van der Waals surface area contributed by atoms with Crippen molar-refractivity contribution in [1.82, 2.24) is 20.0 Å². The number of nitrogens with zero attached hydrogens (tertiary/aromatic N) is 5. The molecule has 0 spiro atoms. The number of allylic oxidation sites excluding steroid dienone is 1. The zero-order valence-electron chi connectivity index (χ0n) is 16.6. The second kappa shape index (κ2) is 10.5. The van der Waals surface area contributed by atoms with E-state index in [1.807, 2.05) is 0 Å². The fraction of sp³-hybridized carbons (Fsp3) is 0.810. The normalized spacial score (nSPS) is 25.1. The largest absolute Gasteiger partial charge is 0.380 e. The number of hydrogen-bond donors (Lipinski definition) is 1. The molecule has 0 aromatic carbocycles. The molecule has 3 heterocycles. The summed E-state index contributed by atoms with van der Waals surface area (Å²) in [5, 5.41) is 13.0. The first-order chi connectivity index (χ1) is 13.3. The first-order valence-corrected chi connectivity index (χ1v) is 10.8. The Morgan fingerprint density at radius 3 is 2.41 bits per heavy atom. The van der Waals surface area contributed by atoms with Crippen molar-refractivity contribution < 1.29 is 0 Å². The van der Waals surface area contributed by atoms with Gasteiger partial charge >= 0.3 is 0 Å². The Hall–Kier alpha value is -1.76. The van der Waals surface area contributed by atoms with E-state index >= 15 is 0 Å². The van der Waals surface area contributed by atoms with Crippen LogP contribution in [0.2, 0.25) is 0 Å². The Bertz CT molecular complexity index is 558. The molecule has 148 valence electrons. The Morgan fingerprint density at radius 2 is 1.70 bits per heavy atom. The summed E-state index contributed by atoms with van der Waals surface area (Å²) in [7, 11) is 0. The van der Waals surface area contributed by atoms with Crippen molar-refractivity contribution in [2.75, 3.05) is 52.4 Å². The summed E-state index contributed by atoms with van der Waals surface area (Å²) >= 11 is 0. The highest BCUT2D eigenvalue weighted by Gasteiger charge is 2.30. The van der Waals surface area contributed by atoms with Crippen LogP contribution >= 0.6 is 0 Å². The summed E-state index contributed by atoms with van der Waals surface area (Å²) in [6.45, 7) is 16.2. The molecule has 27 heavy (non-hydrogen) atoms. The van der Waals surface area contributed by atoms with Gasteiger partial charge in [-0.3, -0.25) is 0 Å². The summed E-state index contributed by atoms with van der Waals surface area (Å²) in [6.07, 6.45) is 9.98. The van der Waals surface area contributed by atoms with Crippen molar-refractivity contribution in [2.24, 2.45) is 0 Å². The molecular weight excluding hydrogens is 336 g/mol. The molecule has 1 N–H and O–H groups in total. The Balaban J connectivity index is 1.56. The molecule has 6 nitrogen and oxygen atoms in total. The Labute approximate surface area is 164 Å². The van der Waals surface area contributed by atoms with E-state index in [4.69, 9.17) is 6.57 Å². The van der Waals surface area contributed by atoms with Crippen molar-refractivity contribution in [3.05, 3.63) is 22.9 Å². The topological polar surface area (TPSA) is 49.9 Å². The van der Waals surface area contributed by atoms with E-state index in [1.165, 1.54) is 58.3 Å². The van der Waals surface area contributed by atoms with Gasteiger partial charge in [0.2, 0.25) is 0 Å². The minimum Gasteiger partial charge on any atom is -0.380 e. The maximum atomic E-state index is 9.48. The maximum absolute atomic E-state index is 9.48. The van der Waals surface area contributed by atoms with Gasteiger partial charge in [-0.1, -0.05) is 6.42 Å². The van der Waals surface area contributed by atoms with Crippen LogP contribution in [0.15, 0.2) is 11.5 Å². The third-order valence-corrected chi connectivity index (χ3v) is 6.17. The molecule has 3 fully saturated rings. The van der Waals surface area contributed by atoms with Crippen LogP contribution in [-0.4, -0.2) is 73.1 Å². The minimum absolute atomic E-state index is 0.223. The summed E-state index contributed by atoms with van der Waals surface area (Å²) in [4.78, 5) is 10.9. The lowest BCUT2D eigenvalue weighted by Gasteiger charge is -2.33. The first-order valence-electron chi connectivity index (χ1n) is 10.8. The number of rotatable bonds is 8. The number of likely N-dealkylation sites (tertiary alicyclic amines) is 3. The van der Waals surface area contributed by atoms with Gasteiger partial charge in [-0.05, 0) is 77.7 Å². The van der Waals surface area contributed by atoms with E-state index in [0.717, 1.165) is 51.3 Å². The highest BCUT2D eigenvalue weighted by Crippen LogP contribution is 2.25. The van der Waals surface area contributed by atoms with Crippen LogP contribution in [0, 0.1) is 17.9 Å². The molecule has 3 rings (SSSR count). The summed E-state index contributed by atoms with van der Waals surface area (Å²) in [5.41, 5.74) is 0.223. The lowest BCUT2D eigenvalue weighted by atomic mass is 10.1. The Kier molecular flexibility index (Phi) is 7.80. The fourth-order valence-electron chi connectivity index (χ4n) is 4.73. The predicted molar refractivity (Wildman–Crippen MR) is 108 cm³/mol. The number of hydrogen-bond acceptors (Lipinski definition) is 5. The highest BCUT2D eigenvalue weighted by atomic mass is 15.3. The molecule has 0 aromatic rings. The molecule has 3 saturated heterocycles. The molecule has 6 heteroatoms. The standard InChI is InChI=1S/C21H34N6/c1-23-20(17-22)21(24-10-8-15-25-11-3-2-4-12-25)27-16-7-9-19(27)18-26-13-5-6-14-26/h19,24H,2-16,18H2/b21-20+/t19-/m0/s1. The zero-order chi connectivity index (χ0) is 18.9. The molecule has 0 aromatic heterocycles. The van der Waals surface area contributed by atoms with Gasteiger partial charge in [-0.2, -0.15) is 0 Å². The zero-order valence-corrected chi connectivity index (χ0v) is 16.6. The van der Waals surface area contributed by atoms with Crippen LogP contribution in [0.1, 0.15) is 51.4 Å². The number of nitriles is 1. The summed E-state index contributed by atoms with van der Waals surface area (Å²) < 4.78 is 0. The fourth-order valence-corrected chi connectivity index (χ4v) is 4.73. The van der Waals surface area contributed by atoms with Crippen LogP contribution < -0.4 is 5.32 Å². The third kappa shape index (κ3) is 5.61. The lowest BCUT2D eigenvalue weighted by Crippen LogP contribution is -2.43. The van der Waals surface area contributed by atoms with E-state index < -0.39 is 0 Å². The van der Waals surface area contributed by atoms with Gasteiger partial charge in [-0.25, -0.2) is 10.1 Å². The molecule has 3 aliphatic heterocycles. The SMILES string of the molecule is [C-]#[N+]/C(C#N)=C(\NCCCN1CCCCC1)N1CCC[C@H]1CN1CCCC1. The van der Waals surface area contributed by atoms with E-state index in [1.54, 1.807) is 0 Å². The van der Waals surface area contributed by atoms with E-state index in [9.17, 15) is 5.26 Å². The molecular formula is C21H34N6. The van der Waals surface area contributed by atoms with Gasteiger partial charge in [0, 0.05) is 25.7 Å². The van der Waals surface area contributed by atoms with Crippen LogP contribution in [0.4, 0.5) is 0 Å². The lowest BCUT2D eigenvalue weighted by molar-refractivity contribution is 0.210. The van der Waals surface area contributed by atoms with Crippen molar-refractivity contribution in [3.63, 3.8) is 0 Å². The van der Waals surface area contributed by atoms with E-state index in [0.29, 0.717) is 6.04 Å². The number of piperidine rings is 1. The maximum Gasteiger partial charge on any atom is 0.300 e. The molecule has 0 bridgehead atoms. The van der Waals surface area contributed by atoms with Crippen molar-refractivity contribution >= 4 is 0 Å². The quantitative estimate of drug-likeness (QED) is 0.404. The van der Waals surface area contributed by atoms with Gasteiger partial charge in [0.25, 0.3) is 5.70 Å². The molecule has 0 unspecified atom stereocenters. The van der Waals surface area contributed by atoms with Crippen LogP contribution in [0.3, 0.4) is 0 Å².